The van der Waals surface area contributed by atoms with Crippen LogP contribution in [-0.2, 0) is 12.8 Å². The topological polar surface area (TPSA) is 64.9 Å². The van der Waals surface area contributed by atoms with Gasteiger partial charge < -0.3 is 10.3 Å². The summed E-state index contributed by atoms with van der Waals surface area (Å²) in [5.41, 5.74) is 7.71. The number of benzene rings is 1. The molecule has 0 saturated carbocycles. The summed E-state index contributed by atoms with van der Waals surface area (Å²) in [6, 6.07) is 12.0. The Bertz CT molecular complexity index is 689. The number of nitrogens with zero attached hydrogens (tertiary/aromatic N) is 2. The van der Waals surface area contributed by atoms with Crippen LogP contribution in [0.25, 0.3) is 0 Å². The highest BCUT2D eigenvalue weighted by molar-refractivity contribution is 7.09. The molecular weight excluding hydrogens is 282 g/mol. The Labute approximate surface area is 127 Å². The van der Waals surface area contributed by atoms with Gasteiger partial charge in [-0.1, -0.05) is 30.3 Å². The van der Waals surface area contributed by atoms with Gasteiger partial charge in [0.15, 0.2) is 5.82 Å². The van der Waals surface area contributed by atoms with Crippen molar-refractivity contribution in [2.24, 2.45) is 0 Å². The summed E-state index contributed by atoms with van der Waals surface area (Å²) in [7, 11) is 0. The molecule has 3 rings (SSSR count). The van der Waals surface area contributed by atoms with E-state index in [0.717, 1.165) is 24.4 Å². The zero-order chi connectivity index (χ0) is 14.7. The number of hydrogen-bond acceptors (Lipinski definition) is 5. The molecule has 2 aromatic heterocycles. The first-order valence-corrected chi connectivity index (χ1v) is 7.78. The van der Waals surface area contributed by atoms with Crippen LogP contribution >= 0.6 is 11.3 Å². The van der Waals surface area contributed by atoms with E-state index in [9.17, 15) is 0 Å². The van der Waals surface area contributed by atoms with Crippen LogP contribution in [0, 0.1) is 0 Å². The normalized spacial score (nSPS) is 12.4. The minimum absolute atomic E-state index is 0.320. The van der Waals surface area contributed by atoms with Crippen molar-refractivity contribution < 1.29 is 4.52 Å². The van der Waals surface area contributed by atoms with E-state index in [1.165, 1.54) is 10.4 Å². The first-order valence-electron chi connectivity index (χ1n) is 6.90. The molecule has 2 heterocycles. The fourth-order valence-corrected chi connectivity index (χ4v) is 2.92. The van der Waals surface area contributed by atoms with Gasteiger partial charge in [0.2, 0.25) is 5.89 Å². The zero-order valence-corrected chi connectivity index (χ0v) is 12.6. The Morgan fingerprint density at radius 2 is 2.05 bits per heavy atom. The molecular formula is C16H17N3OS. The third-order valence-corrected chi connectivity index (χ3v) is 4.29. The van der Waals surface area contributed by atoms with Crippen LogP contribution in [0.3, 0.4) is 0 Å². The van der Waals surface area contributed by atoms with Crippen molar-refractivity contribution in [3.8, 4) is 0 Å². The van der Waals surface area contributed by atoms with Gasteiger partial charge in [0.25, 0.3) is 0 Å². The maximum absolute atomic E-state index is 5.71. The molecule has 0 bridgehead atoms. The zero-order valence-electron chi connectivity index (χ0n) is 11.8. The van der Waals surface area contributed by atoms with Gasteiger partial charge in [0.05, 0.1) is 0 Å². The molecule has 1 atom stereocenters. The number of anilines is 1. The van der Waals surface area contributed by atoms with Gasteiger partial charge in [-0.05, 0) is 35.1 Å². The van der Waals surface area contributed by atoms with Gasteiger partial charge in [-0.2, -0.15) is 4.98 Å². The van der Waals surface area contributed by atoms with E-state index < -0.39 is 0 Å². The Morgan fingerprint density at radius 1 is 1.24 bits per heavy atom. The number of hydrogen-bond donors (Lipinski definition) is 1. The summed E-state index contributed by atoms with van der Waals surface area (Å²) >= 11 is 1.71. The predicted molar refractivity (Wildman–Crippen MR) is 84.4 cm³/mol. The van der Waals surface area contributed by atoms with Crippen LogP contribution in [0.4, 0.5) is 5.69 Å². The number of nitrogen functional groups attached to an aromatic ring is 1. The number of rotatable bonds is 5. The van der Waals surface area contributed by atoms with Crippen molar-refractivity contribution in [1.82, 2.24) is 10.1 Å². The van der Waals surface area contributed by atoms with Crippen molar-refractivity contribution in [2.45, 2.75) is 25.7 Å². The second-order valence-electron chi connectivity index (χ2n) is 5.13. The lowest BCUT2D eigenvalue weighted by molar-refractivity contribution is 0.367. The van der Waals surface area contributed by atoms with Crippen LogP contribution < -0.4 is 5.73 Å². The van der Waals surface area contributed by atoms with Gasteiger partial charge in [-0.15, -0.1) is 11.3 Å². The summed E-state index contributed by atoms with van der Waals surface area (Å²) < 4.78 is 5.35. The molecule has 4 nitrogen and oxygen atoms in total. The lowest BCUT2D eigenvalue weighted by Crippen LogP contribution is -1.99. The van der Waals surface area contributed by atoms with Crippen molar-refractivity contribution >= 4 is 17.0 Å². The highest BCUT2D eigenvalue weighted by Gasteiger charge is 2.13. The molecule has 0 fully saturated rings. The van der Waals surface area contributed by atoms with Gasteiger partial charge in [-0.25, -0.2) is 0 Å². The molecule has 5 heteroatoms. The average Bonchev–Trinajstić information content (AvgIpc) is 3.12. The molecule has 0 spiro atoms. The van der Waals surface area contributed by atoms with Gasteiger partial charge in [0, 0.05) is 23.4 Å². The third kappa shape index (κ3) is 3.49. The molecule has 1 unspecified atom stereocenters. The molecule has 0 aliphatic rings. The molecule has 0 radical (unpaired) electrons. The van der Waals surface area contributed by atoms with E-state index in [0.29, 0.717) is 11.8 Å². The van der Waals surface area contributed by atoms with Crippen molar-refractivity contribution in [3.63, 3.8) is 0 Å². The molecule has 2 N–H and O–H groups in total. The lowest BCUT2D eigenvalue weighted by Gasteiger charge is -2.09. The SMILES string of the molecule is CC(Cc1nc(Cc2cccs2)no1)c1ccc(N)cc1. The molecule has 21 heavy (non-hydrogen) atoms. The summed E-state index contributed by atoms with van der Waals surface area (Å²) in [6.07, 6.45) is 1.47. The van der Waals surface area contributed by atoms with Gasteiger partial charge in [0.1, 0.15) is 0 Å². The van der Waals surface area contributed by atoms with E-state index in [1.807, 2.05) is 30.3 Å². The minimum Gasteiger partial charge on any atom is -0.399 e. The summed E-state index contributed by atoms with van der Waals surface area (Å²) in [5.74, 6) is 1.75. The largest absolute Gasteiger partial charge is 0.399 e. The quantitative estimate of drug-likeness (QED) is 0.730. The molecule has 0 aliphatic heterocycles. The fourth-order valence-electron chi connectivity index (χ4n) is 2.22. The molecule has 0 amide bonds. The molecule has 108 valence electrons. The van der Waals surface area contributed by atoms with Gasteiger partial charge >= 0.3 is 0 Å². The smallest absolute Gasteiger partial charge is 0.227 e. The Hall–Kier alpha value is -2.14. The van der Waals surface area contributed by atoms with Crippen LogP contribution in [0.1, 0.15) is 35.0 Å². The highest BCUT2D eigenvalue weighted by atomic mass is 32.1. The van der Waals surface area contributed by atoms with Crippen molar-refractivity contribution in [2.75, 3.05) is 5.73 Å². The van der Waals surface area contributed by atoms with Crippen molar-refractivity contribution in [3.05, 3.63) is 63.9 Å². The number of nitrogens with two attached hydrogens (primary N) is 1. The maximum Gasteiger partial charge on any atom is 0.227 e. The van der Waals surface area contributed by atoms with Crippen LogP contribution in [0.5, 0.6) is 0 Å². The first kappa shape index (κ1) is 13.8. The highest BCUT2D eigenvalue weighted by Crippen LogP contribution is 2.21. The van der Waals surface area contributed by atoms with Crippen molar-refractivity contribution in [1.29, 1.82) is 0 Å². The molecule has 0 aliphatic carbocycles. The standard InChI is InChI=1S/C16H17N3OS/c1-11(12-4-6-13(17)7-5-12)9-16-18-15(19-20-16)10-14-3-2-8-21-14/h2-8,11H,9-10,17H2,1H3. The Balaban J connectivity index is 1.65. The fraction of sp³-hybridized carbons (Fsp3) is 0.250. The van der Waals surface area contributed by atoms with Crippen LogP contribution in [-0.4, -0.2) is 10.1 Å². The Morgan fingerprint density at radius 3 is 2.76 bits per heavy atom. The number of thiophene rings is 1. The molecule has 0 saturated heterocycles. The number of aromatic nitrogens is 2. The maximum atomic E-state index is 5.71. The lowest BCUT2D eigenvalue weighted by atomic mass is 9.98. The van der Waals surface area contributed by atoms with E-state index in [2.05, 4.69) is 28.5 Å². The monoisotopic (exact) mass is 299 g/mol. The van der Waals surface area contributed by atoms with E-state index in [4.69, 9.17) is 10.3 Å². The van der Waals surface area contributed by atoms with Crippen LogP contribution in [0.15, 0.2) is 46.3 Å². The second-order valence-corrected chi connectivity index (χ2v) is 6.16. The van der Waals surface area contributed by atoms with Gasteiger partial charge in [-0.3, -0.25) is 0 Å². The summed E-state index contributed by atoms with van der Waals surface area (Å²) in [4.78, 5) is 5.72. The minimum atomic E-state index is 0.320. The second kappa shape index (κ2) is 6.10. The predicted octanol–water partition coefficient (Wildman–Crippen LogP) is 3.65. The molecule has 1 aromatic carbocycles. The third-order valence-electron chi connectivity index (χ3n) is 3.41. The Kier molecular flexibility index (Phi) is 4.01. The average molecular weight is 299 g/mol. The summed E-state index contributed by atoms with van der Waals surface area (Å²) in [5, 5.41) is 6.11. The van der Waals surface area contributed by atoms with E-state index in [1.54, 1.807) is 11.3 Å². The first-order chi connectivity index (χ1) is 10.2. The summed E-state index contributed by atoms with van der Waals surface area (Å²) in [6.45, 7) is 2.15. The van der Waals surface area contributed by atoms with E-state index >= 15 is 0 Å². The van der Waals surface area contributed by atoms with E-state index in [-0.39, 0.29) is 0 Å². The molecule has 3 aromatic rings. The van der Waals surface area contributed by atoms with Crippen LogP contribution in [0.2, 0.25) is 0 Å².